The number of rotatable bonds is 6. The Kier molecular flexibility index (Phi) is 5.19. The number of aromatic nitrogens is 2. The van der Waals surface area contributed by atoms with Gasteiger partial charge < -0.3 is 15.3 Å². The van der Waals surface area contributed by atoms with Crippen molar-refractivity contribution in [2.45, 2.75) is 13.0 Å². The van der Waals surface area contributed by atoms with Gasteiger partial charge in [0, 0.05) is 39.8 Å². The van der Waals surface area contributed by atoms with Crippen molar-refractivity contribution in [1.82, 2.24) is 20.2 Å². The molecule has 1 rings (SSSR count). The molecule has 1 aromatic heterocycles. The van der Waals surface area contributed by atoms with Crippen LogP contribution in [0.2, 0.25) is 0 Å². The monoisotopic (exact) mass is 252 g/mol. The largest absolute Gasteiger partial charge is 0.478 e. The summed E-state index contributed by atoms with van der Waals surface area (Å²) in [5.74, 6) is -1.04. The zero-order chi connectivity index (χ0) is 13.5. The van der Waals surface area contributed by atoms with Gasteiger partial charge in [-0.25, -0.2) is 14.8 Å². The lowest BCUT2D eigenvalue weighted by atomic mass is 10.2. The number of amides is 1. The van der Waals surface area contributed by atoms with Gasteiger partial charge in [0.2, 0.25) is 5.91 Å². The Hall–Kier alpha value is -2.02. The maximum absolute atomic E-state index is 11.3. The number of carbonyl (C=O) groups is 2. The van der Waals surface area contributed by atoms with E-state index in [-0.39, 0.29) is 11.5 Å². The van der Waals surface area contributed by atoms with Crippen molar-refractivity contribution < 1.29 is 14.7 Å². The summed E-state index contributed by atoms with van der Waals surface area (Å²) < 4.78 is 0. The van der Waals surface area contributed by atoms with Crippen LogP contribution in [0.5, 0.6) is 0 Å². The van der Waals surface area contributed by atoms with Gasteiger partial charge in [-0.2, -0.15) is 0 Å². The number of nitrogens with one attached hydrogen (secondary N) is 1. The highest BCUT2D eigenvalue weighted by molar-refractivity contribution is 5.88. The van der Waals surface area contributed by atoms with Gasteiger partial charge in [0.15, 0.2) is 0 Å². The van der Waals surface area contributed by atoms with Gasteiger partial charge in [-0.1, -0.05) is 0 Å². The third-order valence-electron chi connectivity index (χ3n) is 2.33. The topological polar surface area (TPSA) is 95.4 Å². The Morgan fingerprint density at radius 3 is 2.78 bits per heavy atom. The van der Waals surface area contributed by atoms with E-state index in [0.29, 0.717) is 25.2 Å². The van der Waals surface area contributed by atoms with Crippen LogP contribution in [-0.2, 0) is 11.3 Å². The maximum atomic E-state index is 11.3. The smallest absolute Gasteiger partial charge is 0.339 e. The quantitative estimate of drug-likeness (QED) is 0.677. The molecule has 0 unspecified atom stereocenters. The number of hydrogen-bond donors (Lipinski definition) is 2. The zero-order valence-corrected chi connectivity index (χ0v) is 10.4. The van der Waals surface area contributed by atoms with E-state index in [9.17, 15) is 9.59 Å². The molecule has 0 saturated heterocycles. The van der Waals surface area contributed by atoms with E-state index < -0.39 is 5.97 Å². The Morgan fingerprint density at radius 1 is 1.44 bits per heavy atom. The van der Waals surface area contributed by atoms with E-state index in [1.54, 1.807) is 14.1 Å². The highest BCUT2D eigenvalue weighted by Crippen LogP contribution is 2.02. The molecule has 0 bridgehead atoms. The van der Waals surface area contributed by atoms with E-state index in [4.69, 9.17) is 5.11 Å². The Labute approximate surface area is 105 Å². The molecule has 2 N–H and O–H groups in total. The second-order valence-corrected chi connectivity index (χ2v) is 3.90. The minimum Gasteiger partial charge on any atom is -0.478 e. The molecule has 98 valence electrons. The molecule has 0 saturated carbocycles. The predicted molar refractivity (Wildman–Crippen MR) is 64.0 cm³/mol. The Morgan fingerprint density at radius 2 is 2.17 bits per heavy atom. The number of carbonyl (C=O) groups excluding carboxylic acids is 1. The summed E-state index contributed by atoms with van der Waals surface area (Å²) in [4.78, 5) is 31.3. The molecule has 0 aliphatic carbocycles. The van der Waals surface area contributed by atoms with Crippen LogP contribution in [0.4, 0.5) is 0 Å². The third-order valence-corrected chi connectivity index (χ3v) is 2.33. The summed E-state index contributed by atoms with van der Waals surface area (Å²) in [6.45, 7) is 0.769. The normalized spacial score (nSPS) is 10.1. The molecule has 0 aliphatic heterocycles. The minimum absolute atomic E-state index is 0.0173. The van der Waals surface area contributed by atoms with Crippen LogP contribution in [0.15, 0.2) is 12.5 Å². The van der Waals surface area contributed by atoms with Crippen molar-refractivity contribution in [3.05, 3.63) is 23.8 Å². The summed E-state index contributed by atoms with van der Waals surface area (Å²) >= 11 is 0. The first kappa shape index (κ1) is 14.0. The number of carboxylic acids is 1. The molecule has 0 spiro atoms. The number of carboxylic acid groups (broad SMARTS) is 1. The minimum atomic E-state index is -1.06. The number of aromatic carboxylic acids is 1. The van der Waals surface area contributed by atoms with E-state index >= 15 is 0 Å². The average molecular weight is 252 g/mol. The molecule has 0 fully saturated rings. The first-order valence-electron chi connectivity index (χ1n) is 5.45. The molecular formula is C11H16N4O3. The van der Waals surface area contributed by atoms with Gasteiger partial charge >= 0.3 is 5.97 Å². The number of nitrogens with zero attached hydrogens (tertiary/aromatic N) is 3. The standard InChI is InChI=1S/C11H16N4O3/c1-15(2)10(16)3-4-12-6-9-8(11(17)18)5-13-7-14-9/h5,7,12H,3-4,6H2,1-2H3,(H,17,18). The van der Waals surface area contributed by atoms with Crippen molar-refractivity contribution in [3.63, 3.8) is 0 Å². The van der Waals surface area contributed by atoms with E-state index in [1.165, 1.54) is 17.4 Å². The fourth-order valence-electron chi connectivity index (χ4n) is 1.30. The van der Waals surface area contributed by atoms with Crippen molar-refractivity contribution >= 4 is 11.9 Å². The molecule has 1 aromatic rings. The fourth-order valence-corrected chi connectivity index (χ4v) is 1.30. The molecular weight excluding hydrogens is 236 g/mol. The van der Waals surface area contributed by atoms with Crippen LogP contribution in [0, 0.1) is 0 Å². The molecule has 0 aliphatic rings. The van der Waals surface area contributed by atoms with Crippen LogP contribution < -0.4 is 5.32 Å². The Balaban J connectivity index is 2.45. The summed E-state index contributed by atoms with van der Waals surface area (Å²) in [5, 5.41) is 11.9. The predicted octanol–water partition coefficient (Wildman–Crippen LogP) is -0.257. The maximum Gasteiger partial charge on any atom is 0.339 e. The molecule has 0 radical (unpaired) electrons. The van der Waals surface area contributed by atoms with Crippen molar-refractivity contribution in [2.24, 2.45) is 0 Å². The SMILES string of the molecule is CN(C)C(=O)CCNCc1ncncc1C(=O)O. The molecule has 18 heavy (non-hydrogen) atoms. The molecule has 7 nitrogen and oxygen atoms in total. The lowest BCUT2D eigenvalue weighted by molar-refractivity contribution is -0.128. The molecule has 0 aromatic carbocycles. The van der Waals surface area contributed by atoms with Crippen LogP contribution in [0.1, 0.15) is 22.5 Å². The van der Waals surface area contributed by atoms with Crippen molar-refractivity contribution in [2.75, 3.05) is 20.6 Å². The second kappa shape index (κ2) is 6.65. The van der Waals surface area contributed by atoms with Crippen LogP contribution in [0.3, 0.4) is 0 Å². The second-order valence-electron chi connectivity index (χ2n) is 3.90. The van der Waals surface area contributed by atoms with Gasteiger partial charge in [0.25, 0.3) is 0 Å². The van der Waals surface area contributed by atoms with Gasteiger partial charge in [-0.3, -0.25) is 4.79 Å². The summed E-state index contributed by atoms with van der Waals surface area (Å²) in [6.07, 6.45) is 2.92. The molecule has 0 atom stereocenters. The third kappa shape index (κ3) is 4.10. The highest BCUT2D eigenvalue weighted by Gasteiger charge is 2.11. The van der Waals surface area contributed by atoms with E-state index in [1.807, 2.05) is 0 Å². The average Bonchev–Trinajstić information content (AvgIpc) is 2.34. The first-order chi connectivity index (χ1) is 8.52. The van der Waals surface area contributed by atoms with Gasteiger partial charge in [-0.15, -0.1) is 0 Å². The zero-order valence-electron chi connectivity index (χ0n) is 10.4. The van der Waals surface area contributed by atoms with Crippen LogP contribution in [0.25, 0.3) is 0 Å². The first-order valence-corrected chi connectivity index (χ1v) is 5.45. The molecule has 7 heteroatoms. The highest BCUT2D eigenvalue weighted by atomic mass is 16.4. The Bertz CT molecular complexity index is 434. The van der Waals surface area contributed by atoms with Crippen LogP contribution in [-0.4, -0.2) is 52.5 Å². The van der Waals surface area contributed by atoms with Crippen LogP contribution >= 0.6 is 0 Å². The van der Waals surface area contributed by atoms with Crippen molar-refractivity contribution in [1.29, 1.82) is 0 Å². The molecule has 1 amide bonds. The van der Waals surface area contributed by atoms with Crippen molar-refractivity contribution in [3.8, 4) is 0 Å². The lowest BCUT2D eigenvalue weighted by Crippen LogP contribution is -2.27. The lowest BCUT2D eigenvalue weighted by Gasteiger charge is -2.10. The number of hydrogen-bond acceptors (Lipinski definition) is 5. The van der Waals surface area contributed by atoms with Gasteiger partial charge in [-0.05, 0) is 0 Å². The summed E-state index contributed by atoms with van der Waals surface area (Å²) in [6, 6.07) is 0. The molecule has 1 heterocycles. The summed E-state index contributed by atoms with van der Waals surface area (Å²) in [5.41, 5.74) is 0.485. The summed E-state index contributed by atoms with van der Waals surface area (Å²) in [7, 11) is 3.38. The fraction of sp³-hybridized carbons (Fsp3) is 0.455. The van der Waals surface area contributed by atoms with Gasteiger partial charge in [0.05, 0.1) is 5.69 Å². The van der Waals surface area contributed by atoms with E-state index in [2.05, 4.69) is 15.3 Å². The van der Waals surface area contributed by atoms with E-state index in [0.717, 1.165) is 0 Å². The van der Waals surface area contributed by atoms with Gasteiger partial charge in [0.1, 0.15) is 11.9 Å².